The van der Waals surface area contributed by atoms with Crippen LogP contribution in [-0.4, -0.2) is 32.4 Å². The number of thioether (sulfide) groups is 1. The van der Waals surface area contributed by atoms with Crippen LogP contribution < -0.4 is 5.32 Å². The molecule has 0 aliphatic carbocycles. The van der Waals surface area contributed by atoms with Crippen molar-refractivity contribution in [3.63, 3.8) is 0 Å². The summed E-state index contributed by atoms with van der Waals surface area (Å²) in [5.74, 6) is -0.218. The third-order valence-electron chi connectivity index (χ3n) is 2.95. The van der Waals surface area contributed by atoms with Crippen molar-refractivity contribution >= 4 is 38.6 Å². The Kier molecular flexibility index (Phi) is 4.58. The fourth-order valence-electron chi connectivity index (χ4n) is 1.76. The Balaban J connectivity index is 2.29. The fraction of sp³-hybridized carbons (Fsp3) is 0.385. The molecule has 1 aliphatic rings. The number of rotatable bonds is 3. The third kappa shape index (κ3) is 3.56. The Bertz CT molecular complexity index is 696. The third-order valence-corrected chi connectivity index (χ3v) is 5.23. The van der Waals surface area contributed by atoms with Crippen molar-refractivity contribution in [1.82, 2.24) is 0 Å². The highest BCUT2D eigenvalue weighted by Gasteiger charge is 2.26. The first kappa shape index (κ1) is 15.8. The van der Waals surface area contributed by atoms with Crippen LogP contribution in [0.3, 0.4) is 0 Å². The SMILES string of the molecule is COC(=O)CSC1=NS(=O)(=O)c2cc(C(C)C)ccc2N1. The van der Waals surface area contributed by atoms with Crippen LogP contribution >= 0.6 is 11.8 Å². The molecule has 21 heavy (non-hydrogen) atoms. The molecule has 1 heterocycles. The quantitative estimate of drug-likeness (QED) is 0.856. The van der Waals surface area contributed by atoms with Crippen molar-refractivity contribution in [2.45, 2.75) is 24.7 Å². The molecule has 0 saturated carbocycles. The molecule has 8 heteroatoms. The van der Waals surface area contributed by atoms with Crippen LogP contribution in [0, 0.1) is 0 Å². The van der Waals surface area contributed by atoms with Gasteiger partial charge in [-0.15, -0.1) is 4.40 Å². The van der Waals surface area contributed by atoms with E-state index in [1.54, 1.807) is 12.1 Å². The molecule has 0 fully saturated rings. The van der Waals surface area contributed by atoms with Gasteiger partial charge in [-0.2, -0.15) is 8.42 Å². The van der Waals surface area contributed by atoms with Crippen molar-refractivity contribution < 1.29 is 17.9 Å². The minimum atomic E-state index is -3.75. The van der Waals surface area contributed by atoms with E-state index in [1.165, 1.54) is 7.11 Å². The van der Waals surface area contributed by atoms with E-state index in [-0.39, 0.29) is 21.7 Å². The Morgan fingerprint density at radius 3 is 2.76 bits per heavy atom. The number of hydrogen-bond acceptors (Lipinski definition) is 6. The zero-order valence-corrected chi connectivity index (χ0v) is 13.5. The summed E-state index contributed by atoms with van der Waals surface area (Å²) in [7, 11) is -2.47. The smallest absolute Gasteiger partial charge is 0.316 e. The predicted molar refractivity (Wildman–Crippen MR) is 83.2 cm³/mol. The Morgan fingerprint density at radius 2 is 2.14 bits per heavy atom. The molecule has 0 unspecified atom stereocenters. The van der Waals surface area contributed by atoms with Crippen LogP contribution in [0.5, 0.6) is 0 Å². The number of benzene rings is 1. The molecule has 0 saturated heterocycles. The molecule has 0 radical (unpaired) electrons. The maximum absolute atomic E-state index is 12.2. The van der Waals surface area contributed by atoms with Gasteiger partial charge in [0.1, 0.15) is 4.90 Å². The van der Waals surface area contributed by atoms with Gasteiger partial charge in [-0.3, -0.25) is 4.79 Å². The van der Waals surface area contributed by atoms with Gasteiger partial charge in [0.05, 0.1) is 18.6 Å². The normalized spacial score (nSPS) is 15.9. The number of amidine groups is 1. The Labute approximate surface area is 128 Å². The molecule has 1 N–H and O–H groups in total. The maximum atomic E-state index is 12.2. The molecule has 1 aliphatic heterocycles. The van der Waals surface area contributed by atoms with E-state index < -0.39 is 16.0 Å². The predicted octanol–water partition coefficient (Wildman–Crippen LogP) is 2.19. The molecule has 0 atom stereocenters. The van der Waals surface area contributed by atoms with E-state index in [0.29, 0.717) is 5.69 Å². The van der Waals surface area contributed by atoms with Crippen LogP contribution in [0.25, 0.3) is 0 Å². The monoisotopic (exact) mass is 328 g/mol. The van der Waals surface area contributed by atoms with Crippen LogP contribution in [0.15, 0.2) is 27.5 Å². The number of nitrogens with one attached hydrogen (secondary N) is 1. The Morgan fingerprint density at radius 1 is 1.43 bits per heavy atom. The second kappa shape index (κ2) is 6.07. The maximum Gasteiger partial charge on any atom is 0.316 e. The topological polar surface area (TPSA) is 84.8 Å². The summed E-state index contributed by atoms with van der Waals surface area (Å²) in [6, 6.07) is 5.23. The van der Waals surface area contributed by atoms with Crippen molar-refractivity contribution in [3.8, 4) is 0 Å². The van der Waals surface area contributed by atoms with Gasteiger partial charge in [0.2, 0.25) is 0 Å². The molecule has 114 valence electrons. The molecular formula is C13H16N2O4S2. The van der Waals surface area contributed by atoms with Crippen LogP contribution in [-0.2, 0) is 19.6 Å². The second-order valence-electron chi connectivity index (χ2n) is 4.77. The molecule has 0 spiro atoms. The first-order valence-electron chi connectivity index (χ1n) is 6.29. The van der Waals surface area contributed by atoms with E-state index >= 15 is 0 Å². The van der Waals surface area contributed by atoms with Gasteiger partial charge in [0.15, 0.2) is 5.17 Å². The van der Waals surface area contributed by atoms with Crippen LogP contribution in [0.4, 0.5) is 5.69 Å². The fourth-order valence-corrected chi connectivity index (χ4v) is 3.86. The molecule has 0 bridgehead atoms. The minimum absolute atomic E-state index is 0.00271. The number of fused-ring (bicyclic) bond motifs is 1. The summed E-state index contributed by atoms with van der Waals surface area (Å²) >= 11 is 0.992. The van der Waals surface area contributed by atoms with E-state index in [9.17, 15) is 13.2 Å². The number of ether oxygens (including phenoxy) is 1. The summed E-state index contributed by atoms with van der Waals surface area (Å²) in [5.41, 5.74) is 1.40. The highest BCUT2D eigenvalue weighted by molar-refractivity contribution is 8.15. The standard InChI is InChI=1S/C13H16N2O4S2/c1-8(2)9-4-5-10-11(6-9)21(17,18)15-13(14-10)20-7-12(16)19-3/h4-6,8H,7H2,1-3H3,(H,14,15). The van der Waals surface area contributed by atoms with Crippen LogP contribution in [0.1, 0.15) is 25.3 Å². The number of methoxy groups -OCH3 is 1. The number of carbonyl (C=O) groups excluding carboxylic acids is 1. The Hall–Kier alpha value is -1.54. The molecule has 0 aromatic heterocycles. The molecule has 1 aromatic rings. The number of hydrogen-bond donors (Lipinski definition) is 1. The summed E-state index contributed by atoms with van der Waals surface area (Å²) in [4.78, 5) is 11.3. The van der Waals surface area contributed by atoms with Crippen molar-refractivity contribution in [2.24, 2.45) is 4.40 Å². The number of nitrogens with zero attached hydrogens (tertiary/aromatic N) is 1. The van der Waals surface area contributed by atoms with E-state index in [1.807, 2.05) is 19.9 Å². The average Bonchev–Trinajstić information content (AvgIpc) is 2.43. The summed E-state index contributed by atoms with van der Waals surface area (Å²) < 4.78 is 32.6. The lowest BCUT2D eigenvalue weighted by Gasteiger charge is -2.19. The van der Waals surface area contributed by atoms with Gasteiger partial charge in [-0.05, 0) is 23.6 Å². The minimum Gasteiger partial charge on any atom is -0.468 e. The lowest BCUT2D eigenvalue weighted by Crippen LogP contribution is -2.20. The first-order valence-corrected chi connectivity index (χ1v) is 8.71. The van der Waals surface area contributed by atoms with Gasteiger partial charge < -0.3 is 10.1 Å². The van der Waals surface area contributed by atoms with Gasteiger partial charge in [0.25, 0.3) is 10.0 Å². The highest BCUT2D eigenvalue weighted by atomic mass is 32.2. The molecular weight excluding hydrogens is 312 g/mol. The molecule has 2 rings (SSSR count). The number of sulfonamides is 1. The van der Waals surface area contributed by atoms with Gasteiger partial charge >= 0.3 is 5.97 Å². The number of carbonyl (C=O) groups is 1. The number of esters is 1. The largest absolute Gasteiger partial charge is 0.468 e. The van der Waals surface area contributed by atoms with Crippen LogP contribution in [0.2, 0.25) is 0 Å². The molecule has 6 nitrogen and oxygen atoms in total. The highest BCUT2D eigenvalue weighted by Crippen LogP contribution is 2.32. The first-order chi connectivity index (χ1) is 9.83. The van der Waals surface area contributed by atoms with Crippen molar-refractivity contribution in [3.05, 3.63) is 23.8 Å². The van der Waals surface area contributed by atoms with Gasteiger partial charge in [-0.1, -0.05) is 31.7 Å². The van der Waals surface area contributed by atoms with Crippen molar-refractivity contribution in [2.75, 3.05) is 18.2 Å². The van der Waals surface area contributed by atoms with E-state index in [2.05, 4.69) is 14.5 Å². The van der Waals surface area contributed by atoms with Gasteiger partial charge in [-0.25, -0.2) is 0 Å². The van der Waals surface area contributed by atoms with Gasteiger partial charge in [0, 0.05) is 0 Å². The van der Waals surface area contributed by atoms with E-state index in [4.69, 9.17) is 0 Å². The second-order valence-corrected chi connectivity index (χ2v) is 7.31. The average molecular weight is 328 g/mol. The zero-order valence-electron chi connectivity index (χ0n) is 11.9. The summed E-state index contributed by atoms with van der Waals surface area (Å²) in [6.45, 7) is 3.98. The molecule has 0 amide bonds. The summed E-state index contributed by atoms with van der Waals surface area (Å²) in [5, 5.41) is 3.10. The number of anilines is 1. The lowest BCUT2D eigenvalue weighted by atomic mass is 10.0. The van der Waals surface area contributed by atoms with Crippen molar-refractivity contribution in [1.29, 1.82) is 0 Å². The zero-order chi connectivity index (χ0) is 15.6. The summed E-state index contributed by atoms with van der Waals surface area (Å²) in [6.07, 6.45) is 0. The molecule has 1 aromatic carbocycles. The van der Waals surface area contributed by atoms with E-state index in [0.717, 1.165) is 17.3 Å². The lowest BCUT2D eigenvalue weighted by molar-refractivity contribution is -0.137.